The number of amides is 2. The SMILES string of the molecule is O=C(Cc1cccs1)Nc1ccc2c(c1)N(CCN1CCCCC1)C(=O)CO2. The van der Waals surface area contributed by atoms with Crippen LogP contribution in [-0.4, -0.2) is 49.5 Å². The molecule has 4 rings (SSSR count). The molecule has 0 aliphatic carbocycles. The molecule has 3 heterocycles. The summed E-state index contributed by atoms with van der Waals surface area (Å²) in [5, 5.41) is 4.90. The summed E-state index contributed by atoms with van der Waals surface area (Å²) in [7, 11) is 0. The number of nitrogens with one attached hydrogen (secondary N) is 1. The van der Waals surface area contributed by atoms with Gasteiger partial charge in [0, 0.05) is 23.7 Å². The second-order valence-electron chi connectivity index (χ2n) is 7.22. The maximum absolute atomic E-state index is 12.5. The lowest BCUT2D eigenvalue weighted by Crippen LogP contribution is -2.44. The van der Waals surface area contributed by atoms with Crippen LogP contribution in [0.4, 0.5) is 11.4 Å². The van der Waals surface area contributed by atoms with Crippen molar-refractivity contribution in [2.75, 3.05) is 43.0 Å². The van der Waals surface area contributed by atoms with Gasteiger partial charge in [-0.1, -0.05) is 12.5 Å². The molecule has 0 saturated carbocycles. The molecule has 0 radical (unpaired) electrons. The van der Waals surface area contributed by atoms with Gasteiger partial charge in [-0.2, -0.15) is 0 Å². The Balaban J connectivity index is 1.44. The Kier molecular flexibility index (Phi) is 5.92. The number of anilines is 2. The summed E-state index contributed by atoms with van der Waals surface area (Å²) < 4.78 is 5.59. The molecule has 0 spiro atoms. The Labute approximate surface area is 169 Å². The van der Waals surface area contributed by atoms with Crippen LogP contribution in [0.2, 0.25) is 0 Å². The third-order valence-electron chi connectivity index (χ3n) is 5.19. The minimum absolute atomic E-state index is 0.0356. The second-order valence-corrected chi connectivity index (χ2v) is 8.26. The molecule has 1 saturated heterocycles. The average molecular weight is 400 g/mol. The van der Waals surface area contributed by atoms with Gasteiger partial charge in [-0.25, -0.2) is 0 Å². The monoisotopic (exact) mass is 399 g/mol. The molecule has 1 aromatic carbocycles. The molecule has 2 aliphatic rings. The van der Waals surface area contributed by atoms with E-state index in [1.54, 1.807) is 16.2 Å². The quantitative estimate of drug-likeness (QED) is 0.811. The smallest absolute Gasteiger partial charge is 0.265 e. The van der Waals surface area contributed by atoms with Gasteiger partial charge in [-0.3, -0.25) is 9.59 Å². The van der Waals surface area contributed by atoms with Crippen LogP contribution >= 0.6 is 11.3 Å². The number of nitrogens with zero attached hydrogens (tertiary/aromatic N) is 2. The largest absolute Gasteiger partial charge is 0.482 e. The fourth-order valence-corrected chi connectivity index (χ4v) is 4.43. The maximum atomic E-state index is 12.5. The van der Waals surface area contributed by atoms with Crippen molar-refractivity contribution in [3.8, 4) is 5.75 Å². The predicted octanol–water partition coefficient (Wildman–Crippen LogP) is 3.14. The minimum Gasteiger partial charge on any atom is -0.482 e. The molecule has 1 N–H and O–H groups in total. The van der Waals surface area contributed by atoms with Crippen LogP contribution in [0.3, 0.4) is 0 Å². The van der Waals surface area contributed by atoms with Crippen molar-refractivity contribution >= 4 is 34.5 Å². The van der Waals surface area contributed by atoms with E-state index in [4.69, 9.17) is 4.74 Å². The number of benzene rings is 1. The van der Waals surface area contributed by atoms with Crippen LogP contribution in [0.15, 0.2) is 35.7 Å². The molecule has 1 fully saturated rings. The third kappa shape index (κ3) is 4.54. The van der Waals surface area contributed by atoms with Gasteiger partial charge < -0.3 is 19.9 Å². The highest BCUT2D eigenvalue weighted by Crippen LogP contribution is 2.34. The lowest BCUT2D eigenvalue weighted by atomic mass is 10.1. The molecule has 0 bridgehead atoms. The standard InChI is InChI=1S/C21H25N3O3S/c25-20(14-17-5-4-12-28-17)22-16-6-7-19-18(13-16)24(21(26)15-27-19)11-10-23-8-2-1-3-9-23/h4-7,12-13H,1-3,8-11,14-15H2,(H,22,25). The molecule has 7 heteroatoms. The first-order chi connectivity index (χ1) is 13.7. The lowest BCUT2D eigenvalue weighted by Gasteiger charge is -2.33. The summed E-state index contributed by atoms with van der Waals surface area (Å²) in [6, 6.07) is 9.39. The van der Waals surface area contributed by atoms with Gasteiger partial charge in [0.1, 0.15) is 5.75 Å². The molecule has 28 heavy (non-hydrogen) atoms. The zero-order chi connectivity index (χ0) is 19.3. The van der Waals surface area contributed by atoms with Gasteiger partial charge in [0.2, 0.25) is 5.91 Å². The molecule has 2 amide bonds. The molecule has 2 aromatic rings. The van der Waals surface area contributed by atoms with Crippen LogP contribution in [0, 0.1) is 0 Å². The first-order valence-corrected chi connectivity index (χ1v) is 10.7. The normalized spacial score (nSPS) is 17.1. The number of carbonyl (C=O) groups excluding carboxylic acids is 2. The number of fused-ring (bicyclic) bond motifs is 1. The summed E-state index contributed by atoms with van der Waals surface area (Å²) >= 11 is 1.57. The van der Waals surface area contributed by atoms with Crippen LogP contribution < -0.4 is 15.0 Å². The highest BCUT2D eigenvalue weighted by molar-refractivity contribution is 7.10. The van der Waals surface area contributed by atoms with E-state index in [1.807, 2.05) is 35.7 Å². The molecule has 148 valence electrons. The number of hydrogen-bond acceptors (Lipinski definition) is 5. The van der Waals surface area contributed by atoms with Gasteiger partial charge in [0.05, 0.1) is 12.1 Å². The third-order valence-corrected chi connectivity index (χ3v) is 6.07. The summed E-state index contributed by atoms with van der Waals surface area (Å²) in [5.74, 6) is 0.589. The number of ether oxygens (including phenoxy) is 1. The van der Waals surface area contributed by atoms with Crippen LogP contribution in [0.5, 0.6) is 5.75 Å². The highest BCUT2D eigenvalue weighted by Gasteiger charge is 2.26. The summed E-state index contributed by atoms with van der Waals surface area (Å²) in [4.78, 5) is 30.0. The fourth-order valence-electron chi connectivity index (χ4n) is 3.73. The lowest BCUT2D eigenvalue weighted by molar-refractivity contribution is -0.121. The van der Waals surface area contributed by atoms with Crippen molar-refractivity contribution in [1.29, 1.82) is 0 Å². The Morgan fingerprint density at radius 3 is 2.79 bits per heavy atom. The Hall–Kier alpha value is -2.38. The highest BCUT2D eigenvalue weighted by atomic mass is 32.1. The van der Waals surface area contributed by atoms with Crippen molar-refractivity contribution in [2.45, 2.75) is 25.7 Å². The van der Waals surface area contributed by atoms with Crippen LogP contribution in [-0.2, 0) is 16.0 Å². The van der Waals surface area contributed by atoms with Crippen LogP contribution in [0.1, 0.15) is 24.1 Å². The number of carbonyl (C=O) groups is 2. The molecule has 0 atom stereocenters. The Bertz CT molecular complexity index is 831. The van der Waals surface area contributed by atoms with Crippen molar-refractivity contribution in [3.63, 3.8) is 0 Å². The summed E-state index contributed by atoms with van der Waals surface area (Å²) in [6.45, 7) is 3.77. The zero-order valence-corrected chi connectivity index (χ0v) is 16.7. The van der Waals surface area contributed by atoms with Gasteiger partial charge in [-0.15, -0.1) is 11.3 Å². The van der Waals surface area contributed by atoms with E-state index in [2.05, 4.69) is 10.2 Å². The van der Waals surface area contributed by atoms with E-state index >= 15 is 0 Å². The van der Waals surface area contributed by atoms with Gasteiger partial charge >= 0.3 is 0 Å². The fraction of sp³-hybridized carbons (Fsp3) is 0.429. The molecule has 0 unspecified atom stereocenters. The zero-order valence-electron chi connectivity index (χ0n) is 15.9. The molecule has 6 nitrogen and oxygen atoms in total. The van der Waals surface area contributed by atoms with E-state index in [0.29, 0.717) is 24.4 Å². The number of thiophene rings is 1. The maximum Gasteiger partial charge on any atom is 0.265 e. The Morgan fingerprint density at radius 1 is 1.14 bits per heavy atom. The predicted molar refractivity (Wildman–Crippen MR) is 111 cm³/mol. The topological polar surface area (TPSA) is 61.9 Å². The van der Waals surface area contributed by atoms with E-state index in [9.17, 15) is 9.59 Å². The van der Waals surface area contributed by atoms with Crippen molar-refractivity contribution < 1.29 is 14.3 Å². The number of rotatable bonds is 6. The van der Waals surface area contributed by atoms with Gasteiger partial charge in [0.25, 0.3) is 5.91 Å². The van der Waals surface area contributed by atoms with E-state index < -0.39 is 0 Å². The molecule has 2 aliphatic heterocycles. The number of likely N-dealkylation sites (tertiary alicyclic amines) is 1. The Morgan fingerprint density at radius 2 is 2.00 bits per heavy atom. The van der Waals surface area contributed by atoms with Crippen molar-refractivity contribution in [3.05, 3.63) is 40.6 Å². The first kappa shape index (κ1) is 19.0. The summed E-state index contributed by atoms with van der Waals surface area (Å²) in [6.07, 6.45) is 4.11. The van der Waals surface area contributed by atoms with Crippen LogP contribution in [0.25, 0.3) is 0 Å². The molecular formula is C21H25N3O3S. The number of hydrogen-bond donors (Lipinski definition) is 1. The van der Waals surface area contributed by atoms with Crippen molar-refractivity contribution in [1.82, 2.24) is 4.90 Å². The van der Waals surface area contributed by atoms with E-state index in [-0.39, 0.29) is 18.4 Å². The number of piperidine rings is 1. The van der Waals surface area contributed by atoms with E-state index in [0.717, 1.165) is 30.2 Å². The minimum atomic E-state index is -0.0645. The average Bonchev–Trinajstić information content (AvgIpc) is 3.21. The first-order valence-electron chi connectivity index (χ1n) is 9.81. The van der Waals surface area contributed by atoms with Gasteiger partial charge in [0.15, 0.2) is 6.61 Å². The van der Waals surface area contributed by atoms with Crippen molar-refractivity contribution in [2.24, 2.45) is 0 Å². The van der Waals surface area contributed by atoms with Gasteiger partial charge in [-0.05, 0) is 55.6 Å². The molecule has 1 aromatic heterocycles. The second kappa shape index (κ2) is 8.75. The molecular weight excluding hydrogens is 374 g/mol. The van der Waals surface area contributed by atoms with E-state index in [1.165, 1.54) is 19.3 Å². The summed E-state index contributed by atoms with van der Waals surface area (Å²) in [5.41, 5.74) is 1.42.